The Morgan fingerprint density at radius 1 is 1.25 bits per heavy atom. The van der Waals surface area contributed by atoms with E-state index in [9.17, 15) is 9.59 Å². The summed E-state index contributed by atoms with van der Waals surface area (Å²) in [6.45, 7) is 2.00. The van der Waals surface area contributed by atoms with E-state index in [1.165, 1.54) is 12.4 Å². The molecule has 0 radical (unpaired) electrons. The van der Waals surface area contributed by atoms with Crippen LogP contribution in [-0.4, -0.2) is 16.8 Å². The van der Waals surface area contributed by atoms with Gasteiger partial charge in [-0.2, -0.15) is 0 Å². The van der Waals surface area contributed by atoms with Crippen LogP contribution < -0.4 is 10.9 Å². The van der Waals surface area contributed by atoms with Gasteiger partial charge in [0.15, 0.2) is 0 Å². The van der Waals surface area contributed by atoms with Gasteiger partial charge in [0.25, 0.3) is 5.91 Å². The predicted molar refractivity (Wildman–Crippen MR) is 59.4 cm³/mol. The Hall–Kier alpha value is -1.91. The summed E-state index contributed by atoms with van der Waals surface area (Å²) in [7, 11) is 0. The number of hydrazine groups is 1. The van der Waals surface area contributed by atoms with Crippen LogP contribution >= 0.6 is 0 Å². The number of amides is 2. The van der Waals surface area contributed by atoms with Crippen molar-refractivity contribution in [3.63, 3.8) is 0 Å². The molecule has 1 aromatic heterocycles. The average Bonchev–Trinajstić information content (AvgIpc) is 2.34. The quantitative estimate of drug-likeness (QED) is 0.746. The first-order valence-electron chi connectivity index (χ1n) is 5.23. The summed E-state index contributed by atoms with van der Waals surface area (Å²) < 4.78 is 0. The van der Waals surface area contributed by atoms with Crippen LogP contribution in [0.4, 0.5) is 0 Å². The Balaban J connectivity index is 2.33. The summed E-state index contributed by atoms with van der Waals surface area (Å²) in [6, 6.07) is 3.15. The number of nitrogens with one attached hydrogen (secondary N) is 2. The Morgan fingerprint density at radius 2 is 1.94 bits per heavy atom. The smallest absolute Gasteiger partial charge is 0.269 e. The minimum atomic E-state index is -0.341. The standard InChI is InChI=1S/C11H15N3O2/c1-2-3-4-10(15)13-14-11(16)9-5-7-12-8-6-9/h5-8H,2-4H2,1H3,(H,13,15)(H,14,16). The van der Waals surface area contributed by atoms with E-state index in [0.717, 1.165) is 12.8 Å². The molecule has 0 fully saturated rings. The topological polar surface area (TPSA) is 71.1 Å². The first kappa shape index (κ1) is 12.2. The first-order chi connectivity index (χ1) is 7.74. The fourth-order valence-corrected chi connectivity index (χ4v) is 1.10. The van der Waals surface area contributed by atoms with Crippen molar-refractivity contribution in [2.45, 2.75) is 26.2 Å². The van der Waals surface area contributed by atoms with Crippen LogP contribution in [0.1, 0.15) is 36.5 Å². The van der Waals surface area contributed by atoms with Crippen molar-refractivity contribution in [1.82, 2.24) is 15.8 Å². The number of pyridine rings is 1. The third-order valence-electron chi connectivity index (χ3n) is 2.02. The minimum absolute atomic E-state index is 0.177. The van der Waals surface area contributed by atoms with Gasteiger partial charge in [-0.1, -0.05) is 13.3 Å². The van der Waals surface area contributed by atoms with Crippen LogP contribution in [0.3, 0.4) is 0 Å². The Morgan fingerprint density at radius 3 is 2.56 bits per heavy atom. The van der Waals surface area contributed by atoms with Crippen molar-refractivity contribution in [3.05, 3.63) is 30.1 Å². The third kappa shape index (κ3) is 4.08. The van der Waals surface area contributed by atoms with Crippen molar-refractivity contribution < 1.29 is 9.59 Å². The lowest BCUT2D eigenvalue weighted by Gasteiger charge is -2.06. The molecule has 5 nitrogen and oxygen atoms in total. The van der Waals surface area contributed by atoms with E-state index in [1.807, 2.05) is 6.92 Å². The van der Waals surface area contributed by atoms with Crippen molar-refractivity contribution in [1.29, 1.82) is 0 Å². The SMILES string of the molecule is CCCCC(=O)NNC(=O)c1ccncc1. The molecule has 0 unspecified atom stereocenters. The molecule has 1 aromatic rings. The summed E-state index contributed by atoms with van der Waals surface area (Å²) in [5, 5.41) is 0. The molecule has 0 aliphatic rings. The van der Waals surface area contributed by atoms with Gasteiger partial charge in [0.05, 0.1) is 0 Å². The summed E-state index contributed by atoms with van der Waals surface area (Å²) in [5.41, 5.74) is 5.16. The number of aromatic nitrogens is 1. The molecule has 5 heteroatoms. The third-order valence-corrected chi connectivity index (χ3v) is 2.02. The molecule has 0 bridgehead atoms. The van der Waals surface area contributed by atoms with Gasteiger partial charge < -0.3 is 0 Å². The lowest BCUT2D eigenvalue weighted by atomic mass is 10.2. The molecule has 16 heavy (non-hydrogen) atoms. The van der Waals surface area contributed by atoms with Gasteiger partial charge >= 0.3 is 0 Å². The van der Waals surface area contributed by atoms with Gasteiger partial charge in [0.1, 0.15) is 0 Å². The van der Waals surface area contributed by atoms with Gasteiger partial charge in [-0.15, -0.1) is 0 Å². The molecular formula is C11H15N3O2. The summed E-state index contributed by atoms with van der Waals surface area (Å²) in [5.74, 6) is -0.517. The van der Waals surface area contributed by atoms with Crippen molar-refractivity contribution in [3.8, 4) is 0 Å². The molecule has 1 rings (SSSR count). The van der Waals surface area contributed by atoms with E-state index in [4.69, 9.17) is 0 Å². The maximum Gasteiger partial charge on any atom is 0.269 e. The highest BCUT2D eigenvalue weighted by atomic mass is 16.2. The van der Waals surface area contributed by atoms with Crippen LogP contribution in [0.15, 0.2) is 24.5 Å². The van der Waals surface area contributed by atoms with Crippen molar-refractivity contribution in [2.24, 2.45) is 0 Å². The largest absolute Gasteiger partial charge is 0.273 e. The second-order valence-corrected chi connectivity index (χ2v) is 3.34. The van der Waals surface area contributed by atoms with Gasteiger partial charge in [0, 0.05) is 24.4 Å². The highest BCUT2D eigenvalue weighted by Gasteiger charge is 2.05. The number of nitrogens with zero attached hydrogens (tertiary/aromatic N) is 1. The fourth-order valence-electron chi connectivity index (χ4n) is 1.10. The van der Waals surface area contributed by atoms with Crippen LogP contribution in [0.2, 0.25) is 0 Å². The average molecular weight is 221 g/mol. The maximum atomic E-state index is 11.5. The highest BCUT2D eigenvalue weighted by Crippen LogP contribution is 1.95. The van der Waals surface area contributed by atoms with E-state index in [2.05, 4.69) is 15.8 Å². The Bertz CT molecular complexity index is 352. The van der Waals surface area contributed by atoms with Gasteiger partial charge in [-0.05, 0) is 18.6 Å². The normalized spacial score (nSPS) is 9.56. The molecule has 0 aromatic carbocycles. The molecule has 86 valence electrons. The molecule has 1 heterocycles. The zero-order chi connectivity index (χ0) is 11.8. The molecule has 0 aliphatic carbocycles. The lowest BCUT2D eigenvalue weighted by Crippen LogP contribution is -2.41. The van der Waals surface area contributed by atoms with Crippen LogP contribution in [0, 0.1) is 0 Å². The van der Waals surface area contributed by atoms with Crippen LogP contribution in [0.25, 0.3) is 0 Å². The Labute approximate surface area is 94.2 Å². The number of carbonyl (C=O) groups excluding carboxylic acids is 2. The second kappa shape index (κ2) is 6.55. The zero-order valence-electron chi connectivity index (χ0n) is 9.19. The van der Waals surface area contributed by atoms with E-state index < -0.39 is 0 Å². The monoisotopic (exact) mass is 221 g/mol. The number of hydrogen-bond acceptors (Lipinski definition) is 3. The number of unbranched alkanes of at least 4 members (excludes halogenated alkanes) is 1. The molecule has 0 aliphatic heterocycles. The van der Waals surface area contributed by atoms with E-state index in [-0.39, 0.29) is 11.8 Å². The van der Waals surface area contributed by atoms with Gasteiger partial charge in [-0.25, -0.2) is 0 Å². The molecular weight excluding hydrogens is 206 g/mol. The number of rotatable bonds is 4. The van der Waals surface area contributed by atoms with Gasteiger partial charge in [-0.3, -0.25) is 25.4 Å². The molecule has 0 saturated carbocycles. The predicted octanol–water partition coefficient (Wildman–Crippen LogP) is 1.03. The molecule has 0 spiro atoms. The van der Waals surface area contributed by atoms with Crippen LogP contribution in [0.5, 0.6) is 0 Å². The van der Waals surface area contributed by atoms with Crippen LogP contribution in [-0.2, 0) is 4.79 Å². The molecule has 2 N–H and O–H groups in total. The lowest BCUT2D eigenvalue weighted by molar-refractivity contribution is -0.121. The molecule has 0 atom stereocenters. The fraction of sp³-hybridized carbons (Fsp3) is 0.364. The number of hydrogen-bond donors (Lipinski definition) is 2. The maximum absolute atomic E-state index is 11.5. The Kier molecular flexibility index (Phi) is 4.98. The minimum Gasteiger partial charge on any atom is -0.273 e. The zero-order valence-corrected chi connectivity index (χ0v) is 9.19. The van der Waals surface area contributed by atoms with Crippen molar-refractivity contribution in [2.75, 3.05) is 0 Å². The van der Waals surface area contributed by atoms with E-state index in [1.54, 1.807) is 12.1 Å². The molecule has 2 amide bonds. The highest BCUT2D eigenvalue weighted by molar-refractivity contribution is 5.95. The number of carbonyl (C=O) groups is 2. The van der Waals surface area contributed by atoms with E-state index in [0.29, 0.717) is 12.0 Å². The summed E-state index contributed by atoms with van der Waals surface area (Å²) >= 11 is 0. The first-order valence-corrected chi connectivity index (χ1v) is 5.23. The second-order valence-electron chi connectivity index (χ2n) is 3.34. The summed E-state index contributed by atoms with van der Waals surface area (Å²) in [4.78, 5) is 26.5. The van der Waals surface area contributed by atoms with Gasteiger partial charge in [0.2, 0.25) is 5.91 Å². The summed E-state index contributed by atoms with van der Waals surface area (Å²) in [6.07, 6.45) is 5.23. The van der Waals surface area contributed by atoms with E-state index >= 15 is 0 Å². The molecule has 0 saturated heterocycles. The van der Waals surface area contributed by atoms with Crippen molar-refractivity contribution >= 4 is 11.8 Å².